The zero-order valence-corrected chi connectivity index (χ0v) is 21.4. The van der Waals surface area contributed by atoms with E-state index in [4.69, 9.17) is 0 Å². The van der Waals surface area contributed by atoms with Gasteiger partial charge < -0.3 is 0 Å². The van der Waals surface area contributed by atoms with Crippen LogP contribution in [-0.2, 0) is 9.83 Å². The molecule has 26 heavy (non-hydrogen) atoms. The van der Waals surface area contributed by atoms with Crippen molar-refractivity contribution in [3.05, 3.63) is 63.3 Å². The van der Waals surface area contributed by atoms with Crippen molar-refractivity contribution in [1.82, 2.24) is 0 Å². The van der Waals surface area contributed by atoms with E-state index in [2.05, 4.69) is 39.8 Å². The number of rotatable bonds is 16. The summed E-state index contributed by atoms with van der Waals surface area (Å²) in [6, 6.07) is 0. The van der Waals surface area contributed by atoms with E-state index < -0.39 is 9.83 Å². The molecule has 0 N–H and O–H groups in total. The van der Waals surface area contributed by atoms with E-state index in [9.17, 15) is 4.21 Å². The summed E-state index contributed by atoms with van der Waals surface area (Å²) in [5, 5.41) is 0. The fourth-order valence-electron chi connectivity index (χ4n) is 0.693. The van der Waals surface area contributed by atoms with Crippen molar-refractivity contribution >= 4 is 73.6 Å². The van der Waals surface area contributed by atoms with Crippen molar-refractivity contribution in [2.24, 2.45) is 0 Å². The maximum Gasteiger partial charge on any atom is 0.0845 e. The molecule has 0 saturated carbocycles. The van der Waals surface area contributed by atoms with Gasteiger partial charge in [-0.2, -0.15) is 0 Å². The van der Waals surface area contributed by atoms with Crippen LogP contribution < -0.4 is 0 Å². The zero-order chi connectivity index (χ0) is 20.3. The molecular formula is C18H32OS7. The quantitative estimate of drug-likeness (QED) is 0.122. The molecule has 0 amide bonds. The van der Waals surface area contributed by atoms with Crippen molar-refractivity contribution in [2.45, 2.75) is 13.3 Å². The zero-order valence-electron chi connectivity index (χ0n) is 15.6. The summed E-state index contributed by atoms with van der Waals surface area (Å²) in [5.41, 5.74) is 0. The third-order valence-electron chi connectivity index (χ3n) is 1.60. The molecule has 0 aromatic carbocycles. The monoisotopic (exact) mass is 488 g/mol. The van der Waals surface area contributed by atoms with E-state index in [0.29, 0.717) is 5.75 Å². The van der Waals surface area contributed by atoms with Gasteiger partial charge in [0.05, 0.1) is 15.6 Å². The molecule has 1 nitrogen and oxygen atoms in total. The molecule has 1 atom stereocenters. The smallest absolute Gasteiger partial charge is 0.0845 e. The number of hydrogen-bond donors (Lipinski definition) is 0. The normalized spacial score (nSPS) is 10.2. The van der Waals surface area contributed by atoms with Crippen LogP contribution in [0.2, 0.25) is 0 Å². The van der Waals surface area contributed by atoms with Gasteiger partial charge >= 0.3 is 0 Å². The van der Waals surface area contributed by atoms with Gasteiger partial charge in [0.2, 0.25) is 0 Å². The Balaban J connectivity index is -0.000000306. The Bertz CT molecular complexity index is 349. The van der Waals surface area contributed by atoms with Crippen LogP contribution >= 0.6 is 63.8 Å². The minimum Gasteiger partial charge on any atom is -0.248 e. The first kappa shape index (κ1) is 31.6. The Morgan fingerprint density at radius 2 is 1.23 bits per heavy atom. The topological polar surface area (TPSA) is 17.1 Å². The number of hydrogen-bond acceptors (Lipinski definition) is 7. The highest BCUT2D eigenvalue weighted by atomic mass is 33.5. The van der Waals surface area contributed by atoms with Crippen molar-refractivity contribution < 1.29 is 4.21 Å². The minimum atomic E-state index is -0.793. The van der Waals surface area contributed by atoms with Gasteiger partial charge in [0.15, 0.2) is 0 Å². The van der Waals surface area contributed by atoms with Gasteiger partial charge in [-0.1, -0.05) is 91.3 Å². The average Bonchev–Trinajstić information content (AvgIpc) is 2.65. The first-order chi connectivity index (χ1) is 12.6. The maximum absolute atomic E-state index is 10.8. The summed E-state index contributed by atoms with van der Waals surface area (Å²) in [5.74, 6) is 5.70. The lowest BCUT2D eigenvalue weighted by Crippen LogP contribution is -1.86. The summed E-state index contributed by atoms with van der Waals surface area (Å²) in [7, 11) is 9.80. The van der Waals surface area contributed by atoms with E-state index in [1.807, 2.05) is 39.8 Å². The molecular weight excluding hydrogens is 457 g/mol. The van der Waals surface area contributed by atoms with Crippen LogP contribution in [-0.4, -0.2) is 38.7 Å². The molecule has 0 aromatic rings. The summed E-state index contributed by atoms with van der Waals surface area (Å²) < 4.78 is 10.8. The molecule has 0 aromatic heterocycles. The van der Waals surface area contributed by atoms with Crippen molar-refractivity contribution in [3.63, 3.8) is 0 Å². The third kappa shape index (κ3) is 39.9. The Morgan fingerprint density at radius 3 is 1.65 bits per heavy atom. The van der Waals surface area contributed by atoms with Gasteiger partial charge in [-0.25, -0.2) is 4.21 Å². The highest BCUT2D eigenvalue weighted by Gasteiger charge is 1.92. The maximum atomic E-state index is 10.8. The lowest BCUT2D eigenvalue weighted by molar-refractivity contribution is 0.693. The van der Waals surface area contributed by atoms with Gasteiger partial charge in [-0.3, -0.25) is 0 Å². The standard InChI is InChI=1S/C6H10OS2.C6H10S3.C6H12S2/c1-3-5-8-9(7)6-4-2;1-3-5-7-9-8-6-4-2;1-3-5-7-8-6-4-2/h2*3-4H,1-2,5-6H2;3H,1,4-6H2,2H3. The Kier molecular flexibility index (Phi) is 40.8. The summed E-state index contributed by atoms with van der Waals surface area (Å²) in [4.78, 5) is 0. The fraction of sp³-hybridized carbons (Fsp3) is 0.444. The lowest BCUT2D eigenvalue weighted by Gasteiger charge is -1.91. The summed E-state index contributed by atoms with van der Waals surface area (Å²) in [6.07, 6.45) is 10.4. The molecule has 0 aliphatic carbocycles. The van der Waals surface area contributed by atoms with E-state index in [-0.39, 0.29) is 0 Å². The van der Waals surface area contributed by atoms with Crippen LogP contribution in [0.3, 0.4) is 0 Å². The molecule has 0 heterocycles. The highest BCUT2D eigenvalue weighted by Crippen LogP contribution is 2.33. The van der Waals surface area contributed by atoms with E-state index in [1.54, 1.807) is 43.6 Å². The molecule has 1 unspecified atom stereocenters. The Hall–Kier alpha value is 0.950. The SMILES string of the molecule is C=CCSS(=O)CC=C.C=CCSSCCC.C=CCSSSCC=C. The van der Waals surface area contributed by atoms with E-state index >= 15 is 0 Å². The van der Waals surface area contributed by atoms with Gasteiger partial charge in [-0.15, -0.1) is 32.9 Å². The molecule has 8 heteroatoms. The molecule has 0 radical (unpaired) electrons. The molecule has 0 spiro atoms. The Labute approximate surface area is 187 Å². The Morgan fingerprint density at radius 1 is 0.731 bits per heavy atom. The van der Waals surface area contributed by atoms with Gasteiger partial charge in [0, 0.05) is 28.8 Å². The van der Waals surface area contributed by atoms with Gasteiger partial charge in [-0.05, 0) is 16.2 Å². The van der Waals surface area contributed by atoms with Gasteiger partial charge in [0.1, 0.15) is 0 Å². The fourth-order valence-corrected chi connectivity index (χ4v) is 7.56. The van der Waals surface area contributed by atoms with E-state index in [1.165, 1.54) is 23.0 Å². The van der Waals surface area contributed by atoms with Crippen molar-refractivity contribution in [1.29, 1.82) is 0 Å². The van der Waals surface area contributed by atoms with Crippen LogP contribution in [0.5, 0.6) is 0 Å². The average molecular weight is 489 g/mol. The minimum absolute atomic E-state index is 0.568. The van der Waals surface area contributed by atoms with Crippen LogP contribution in [0, 0.1) is 0 Å². The molecule has 0 aliphatic heterocycles. The third-order valence-corrected chi connectivity index (χ3v) is 10.9. The molecule has 152 valence electrons. The lowest BCUT2D eigenvalue weighted by atomic mass is 10.6. The van der Waals surface area contributed by atoms with Gasteiger partial charge in [0.25, 0.3) is 0 Å². The molecule has 0 aliphatic rings. The molecule has 0 saturated heterocycles. The summed E-state index contributed by atoms with van der Waals surface area (Å²) in [6.45, 7) is 20.0. The second-order valence-corrected chi connectivity index (χ2v) is 14.2. The largest absolute Gasteiger partial charge is 0.248 e. The van der Waals surface area contributed by atoms with Crippen molar-refractivity contribution in [2.75, 3.05) is 34.5 Å². The first-order valence-electron chi connectivity index (χ1n) is 7.85. The molecule has 0 fully saturated rings. The van der Waals surface area contributed by atoms with Crippen molar-refractivity contribution in [3.8, 4) is 0 Å². The van der Waals surface area contributed by atoms with Crippen LogP contribution in [0.4, 0.5) is 0 Å². The second-order valence-electron chi connectivity index (χ2n) is 3.94. The first-order valence-corrected chi connectivity index (χ1v) is 17.0. The highest BCUT2D eigenvalue weighted by molar-refractivity contribution is 9.09. The second kappa shape index (κ2) is 33.5. The molecule has 0 rings (SSSR count). The van der Waals surface area contributed by atoms with Crippen LogP contribution in [0.25, 0.3) is 0 Å². The van der Waals surface area contributed by atoms with Crippen LogP contribution in [0.1, 0.15) is 13.3 Å². The predicted molar refractivity (Wildman–Crippen MR) is 144 cm³/mol. The summed E-state index contributed by atoms with van der Waals surface area (Å²) >= 11 is 0. The van der Waals surface area contributed by atoms with Crippen LogP contribution in [0.15, 0.2) is 63.3 Å². The van der Waals surface area contributed by atoms with E-state index in [0.717, 1.165) is 23.0 Å². The molecule has 0 bridgehead atoms. The predicted octanol–water partition coefficient (Wildman–Crippen LogP) is 8.11.